The highest BCUT2D eigenvalue weighted by Gasteiger charge is 2.17. The molecule has 1 rings (SSSR count). The second kappa shape index (κ2) is 4.39. The lowest BCUT2D eigenvalue weighted by atomic mass is 10.1. The fraction of sp³-hybridized carbons (Fsp3) is 0.375. The van der Waals surface area contributed by atoms with Crippen molar-refractivity contribution in [3.8, 4) is 0 Å². The number of hydrogen-bond donors (Lipinski definition) is 2. The van der Waals surface area contributed by atoms with Crippen molar-refractivity contribution in [2.45, 2.75) is 19.6 Å². The first-order valence-electron chi connectivity index (χ1n) is 3.87. The van der Waals surface area contributed by atoms with Gasteiger partial charge in [0.1, 0.15) is 5.82 Å². The van der Waals surface area contributed by atoms with Crippen LogP contribution in [0.4, 0.5) is 13.2 Å². The Morgan fingerprint density at radius 2 is 2.07 bits per heavy atom. The third kappa shape index (κ3) is 2.02. The molecule has 14 heavy (non-hydrogen) atoms. The van der Waals surface area contributed by atoms with Gasteiger partial charge in [0.05, 0.1) is 18.0 Å². The summed E-state index contributed by atoms with van der Waals surface area (Å²) >= 11 is 0. The molecule has 1 heterocycles. The Balaban J connectivity index is 3.24. The van der Waals surface area contributed by atoms with E-state index in [1.165, 1.54) is 0 Å². The Kier molecular flexibility index (Phi) is 3.43. The highest BCUT2D eigenvalue weighted by molar-refractivity contribution is 5.25. The molecule has 0 saturated carbocycles. The van der Waals surface area contributed by atoms with E-state index >= 15 is 0 Å². The van der Waals surface area contributed by atoms with Gasteiger partial charge in [0.2, 0.25) is 0 Å². The number of aromatic nitrogens is 1. The summed E-state index contributed by atoms with van der Waals surface area (Å²) in [4.78, 5) is 3.50. The fourth-order valence-electron chi connectivity index (χ4n) is 1.04. The van der Waals surface area contributed by atoms with E-state index in [0.29, 0.717) is 6.07 Å². The van der Waals surface area contributed by atoms with Crippen molar-refractivity contribution in [1.29, 1.82) is 0 Å². The standard InChI is InChI=1S/C8H9F3N2O/c9-5-1-4(8(10)11)7(3-14)13-6(5)2-12/h1,8,14H,2-3,12H2. The number of nitrogens with two attached hydrogens (primary N) is 1. The number of halogens is 3. The molecule has 6 heteroatoms. The van der Waals surface area contributed by atoms with Gasteiger partial charge in [-0.15, -0.1) is 0 Å². The molecule has 0 aromatic carbocycles. The lowest BCUT2D eigenvalue weighted by Crippen LogP contribution is -2.09. The van der Waals surface area contributed by atoms with E-state index in [1.807, 2.05) is 0 Å². The molecule has 0 spiro atoms. The van der Waals surface area contributed by atoms with Gasteiger partial charge in [0, 0.05) is 12.1 Å². The summed E-state index contributed by atoms with van der Waals surface area (Å²) in [5.74, 6) is -0.875. The largest absolute Gasteiger partial charge is 0.390 e. The first-order chi connectivity index (χ1) is 6.60. The Bertz CT molecular complexity index is 331. The van der Waals surface area contributed by atoms with Crippen LogP contribution in [0.5, 0.6) is 0 Å². The van der Waals surface area contributed by atoms with Gasteiger partial charge >= 0.3 is 0 Å². The minimum absolute atomic E-state index is 0.126. The van der Waals surface area contributed by atoms with E-state index in [0.717, 1.165) is 0 Å². The van der Waals surface area contributed by atoms with Gasteiger partial charge in [-0.2, -0.15) is 0 Å². The van der Waals surface area contributed by atoms with Crippen LogP contribution in [0.2, 0.25) is 0 Å². The molecule has 0 unspecified atom stereocenters. The van der Waals surface area contributed by atoms with E-state index in [2.05, 4.69) is 4.98 Å². The Morgan fingerprint density at radius 1 is 1.43 bits per heavy atom. The lowest BCUT2D eigenvalue weighted by molar-refractivity contribution is 0.145. The van der Waals surface area contributed by atoms with Crippen LogP contribution in [-0.4, -0.2) is 10.1 Å². The minimum Gasteiger partial charge on any atom is -0.390 e. The summed E-state index contributed by atoms with van der Waals surface area (Å²) in [6.07, 6.45) is -2.86. The van der Waals surface area contributed by atoms with Crippen LogP contribution >= 0.6 is 0 Å². The number of alkyl halides is 2. The van der Waals surface area contributed by atoms with E-state index in [4.69, 9.17) is 10.8 Å². The summed E-state index contributed by atoms with van der Waals surface area (Å²) in [6.45, 7) is -0.852. The molecule has 3 N–H and O–H groups in total. The van der Waals surface area contributed by atoms with Gasteiger partial charge in [0.15, 0.2) is 0 Å². The van der Waals surface area contributed by atoms with Crippen molar-refractivity contribution in [2.24, 2.45) is 5.73 Å². The zero-order valence-corrected chi connectivity index (χ0v) is 7.17. The molecule has 3 nitrogen and oxygen atoms in total. The number of pyridine rings is 1. The van der Waals surface area contributed by atoms with Crippen molar-refractivity contribution in [1.82, 2.24) is 4.98 Å². The first kappa shape index (κ1) is 10.9. The number of rotatable bonds is 3. The summed E-state index contributed by atoms with van der Waals surface area (Å²) < 4.78 is 37.5. The number of nitrogens with zero attached hydrogens (tertiary/aromatic N) is 1. The predicted octanol–water partition coefficient (Wildman–Crippen LogP) is 1.11. The summed E-state index contributed by atoms with van der Waals surface area (Å²) in [5.41, 5.74) is 4.17. The first-order valence-corrected chi connectivity index (χ1v) is 3.87. The number of aliphatic hydroxyl groups is 1. The highest BCUT2D eigenvalue weighted by Crippen LogP contribution is 2.23. The SMILES string of the molecule is NCc1nc(CO)c(C(F)F)cc1F. The second-order valence-electron chi connectivity index (χ2n) is 2.62. The van der Waals surface area contributed by atoms with Crippen molar-refractivity contribution < 1.29 is 18.3 Å². The summed E-state index contributed by atoms with van der Waals surface area (Å²) in [6, 6.07) is 0.658. The maximum atomic E-state index is 13.0. The second-order valence-corrected chi connectivity index (χ2v) is 2.62. The van der Waals surface area contributed by atoms with Crippen LogP contribution in [0.15, 0.2) is 6.07 Å². The van der Waals surface area contributed by atoms with Crippen molar-refractivity contribution in [3.63, 3.8) is 0 Å². The Labute approximate surface area is 78.4 Å². The van der Waals surface area contributed by atoms with Crippen molar-refractivity contribution >= 4 is 0 Å². The van der Waals surface area contributed by atoms with Gasteiger partial charge < -0.3 is 10.8 Å². The van der Waals surface area contributed by atoms with Gasteiger partial charge in [-0.25, -0.2) is 13.2 Å². The number of aliphatic hydroxyl groups excluding tert-OH is 1. The molecule has 0 radical (unpaired) electrons. The van der Waals surface area contributed by atoms with Crippen molar-refractivity contribution in [3.05, 3.63) is 28.8 Å². The molecule has 0 amide bonds. The molecule has 0 aliphatic carbocycles. The Morgan fingerprint density at radius 3 is 2.50 bits per heavy atom. The van der Waals surface area contributed by atoms with Crippen LogP contribution in [0.1, 0.15) is 23.4 Å². The van der Waals surface area contributed by atoms with E-state index < -0.39 is 24.4 Å². The van der Waals surface area contributed by atoms with Gasteiger partial charge in [0.25, 0.3) is 6.43 Å². The number of hydrogen-bond acceptors (Lipinski definition) is 3. The maximum absolute atomic E-state index is 13.0. The van der Waals surface area contributed by atoms with Crippen LogP contribution in [-0.2, 0) is 13.2 Å². The molecule has 1 aromatic rings. The molecule has 0 aliphatic heterocycles. The predicted molar refractivity (Wildman–Crippen MR) is 43.0 cm³/mol. The van der Waals surface area contributed by atoms with Crippen LogP contribution in [0.25, 0.3) is 0 Å². The normalized spacial score (nSPS) is 11.0. The molecule has 78 valence electrons. The van der Waals surface area contributed by atoms with Crippen LogP contribution < -0.4 is 5.73 Å². The third-order valence-electron chi connectivity index (χ3n) is 1.74. The average Bonchev–Trinajstić information content (AvgIpc) is 2.17. The molecule has 0 bridgehead atoms. The minimum atomic E-state index is -2.86. The molecule has 0 fully saturated rings. The molecule has 1 aromatic heterocycles. The third-order valence-corrected chi connectivity index (χ3v) is 1.74. The Hall–Kier alpha value is -1.14. The van der Waals surface area contributed by atoms with Gasteiger partial charge in [-0.1, -0.05) is 0 Å². The van der Waals surface area contributed by atoms with E-state index in [9.17, 15) is 13.2 Å². The van der Waals surface area contributed by atoms with Gasteiger partial charge in [-0.05, 0) is 6.07 Å². The molecule has 0 saturated heterocycles. The maximum Gasteiger partial charge on any atom is 0.265 e. The molecular formula is C8H9F3N2O. The average molecular weight is 206 g/mol. The van der Waals surface area contributed by atoms with Gasteiger partial charge in [-0.3, -0.25) is 4.98 Å². The van der Waals surface area contributed by atoms with Crippen LogP contribution in [0, 0.1) is 5.82 Å². The monoisotopic (exact) mass is 206 g/mol. The van der Waals surface area contributed by atoms with Crippen molar-refractivity contribution in [2.75, 3.05) is 0 Å². The molecular weight excluding hydrogens is 197 g/mol. The zero-order valence-electron chi connectivity index (χ0n) is 7.17. The molecule has 0 atom stereocenters. The smallest absolute Gasteiger partial charge is 0.265 e. The zero-order chi connectivity index (χ0) is 10.7. The highest BCUT2D eigenvalue weighted by atomic mass is 19.3. The summed E-state index contributed by atoms with van der Waals surface area (Å²) in [7, 11) is 0. The quantitative estimate of drug-likeness (QED) is 0.778. The topological polar surface area (TPSA) is 59.1 Å². The van der Waals surface area contributed by atoms with E-state index in [1.54, 1.807) is 0 Å². The lowest BCUT2D eigenvalue weighted by Gasteiger charge is -2.08. The van der Waals surface area contributed by atoms with E-state index in [-0.39, 0.29) is 17.9 Å². The summed E-state index contributed by atoms with van der Waals surface area (Å²) in [5, 5.41) is 8.72. The molecule has 0 aliphatic rings. The van der Waals surface area contributed by atoms with Crippen LogP contribution in [0.3, 0.4) is 0 Å². The fourth-order valence-corrected chi connectivity index (χ4v) is 1.04.